The van der Waals surface area contributed by atoms with Crippen molar-refractivity contribution in [3.05, 3.63) is 68.3 Å². The molecule has 0 amide bonds. The van der Waals surface area contributed by atoms with Crippen molar-refractivity contribution in [3.8, 4) is 22.9 Å². The van der Waals surface area contributed by atoms with E-state index in [1.54, 1.807) is 6.07 Å². The summed E-state index contributed by atoms with van der Waals surface area (Å²) in [5, 5.41) is 29.7. The van der Waals surface area contributed by atoms with E-state index in [-0.39, 0.29) is 17.3 Å². The van der Waals surface area contributed by atoms with Gasteiger partial charge in [0.2, 0.25) is 11.8 Å². The van der Waals surface area contributed by atoms with E-state index in [1.807, 2.05) is 25.1 Å². The summed E-state index contributed by atoms with van der Waals surface area (Å²) in [6.45, 7) is 1.87. The molecular formula is C15H10N4O5. The number of benzene rings is 2. The second-order valence-corrected chi connectivity index (χ2v) is 4.98. The van der Waals surface area contributed by atoms with Crippen molar-refractivity contribution in [2.75, 3.05) is 0 Å². The van der Waals surface area contributed by atoms with Crippen LogP contribution >= 0.6 is 0 Å². The maximum atomic E-state index is 10.9. The van der Waals surface area contributed by atoms with Crippen LogP contribution in [0, 0.1) is 27.2 Å². The zero-order valence-corrected chi connectivity index (χ0v) is 12.4. The summed E-state index contributed by atoms with van der Waals surface area (Å²) in [6, 6.07) is 10.5. The molecule has 3 rings (SSSR count). The molecule has 0 N–H and O–H groups in total. The van der Waals surface area contributed by atoms with Gasteiger partial charge in [-0.05, 0) is 18.6 Å². The summed E-state index contributed by atoms with van der Waals surface area (Å²) < 4.78 is 5.54. The number of nitro groups is 2. The van der Waals surface area contributed by atoms with Crippen LogP contribution in [0.2, 0.25) is 0 Å². The third-order valence-electron chi connectivity index (χ3n) is 3.37. The molecule has 0 saturated heterocycles. The summed E-state index contributed by atoms with van der Waals surface area (Å²) in [5.74, 6) is 0.206. The minimum absolute atomic E-state index is 0.0277. The van der Waals surface area contributed by atoms with Gasteiger partial charge in [0.1, 0.15) is 0 Å². The first-order valence-electron chi connectivity index (χ1n) is 6.79. The van der Waals surface area contributed by atoms with Crippen LogP contribution in [0.1, 0.15) is 5.56 Å². The topological polar surface area (TPSA) is 125 Å². The molecule has 0 aliphatic carbocycles. The fraction of sp³-hybridized carbons (Fsp3) is 0.0667. The predicted molar refractivity (Wildman–Crippen MR) is 83.2 cm³/mol. The summed E-state index contributed by atoms with van der Waals surface area (Å²) in [5.41, 5.74) is 0.904. The van der Waals surface area contributed by atoms with E-state index >= 15 is 0 Å². The van der Waals surface area contributed by atoms with Crippen LogP contribution in [0.5, 0.6) is 0 Å². The number of rotatable bonds is 4. The number of aryl methyl sites for hydroxylation is 1. The van der Waals surface area contributed by atoms with E-state index < -0.39 is 21.2 Å². The van der Waals surface area contributed by atoms with Gasteiger partial charge in [-0.15, -0.1) is 10.2 Å². The van der Waals surface area contributed by atoms with Crippen LogP contribution in [0.3, 0.4) is 0 Å². The van der Waals surface area contributed by atoms with Crippen LogP contribution in [0.15, 0.2) is 46.9 Å². The average Bonchev–Trinajstić information content (AvgIpc) is 3.04. The largest absolute Gasteiger partial charge is 0.416 e. The van der Waals surface area contributed by atoms with Crippen LogP contribution in [0.4, 0.5) is 11.4 Å². The zero-order chi connectivity index (χ0) is 17.3. The van der Waals surface area contributed by atoms with Gasteiger partial charge in [0.15, 0.2) is 0 Å². The standard InChI is InChI=1S/C15H10N4O5/c1-9-4-2-3-5-13(9)15-17-16-14(24-15)10-6-11(18(20)21)8-12(7-10)19(22)23/h2-8H,1H3. The molecule has 0 fully saturated rings. The fourth-order valence-electron chi connectivity index (χ4n) is 2.19. The maximum absolute atomic E-state index is 10.9. The van der Waals surface area contributed by atoms with Crippen LogP contribution in [-0.2, 0) is 0 Å². The lowest BCUT2D eigenvalue weighted by atomic mass is 10.1. The van der Waals surface area contributed by atoms with Crippen molar-refractivity contribution < 1.29 is 14.3 Å². The van der Waals surface area contributed by atoms with Gasteiger partial charge in [-0.2, -0.15) is 0 Å². The quantitative estimate of drug-likeness (QED) is 0.530. The lowest BCUT2D eigenvalue weighted by Gasteiger charge is -1.99. The molecule has 0 bridgehead atoms. The first-order valence-corrected chi connectivity index (χ1v) is 6.79. The van der Waals surface area contributed by atoms with Gasteiger partial charge in [-0.3, -0.25) is 20.2 Å². The number of non-ortho nitro benzene ring substituents is 2. The van der Waals surface area contributed by atoms with E-state index in [0.717, 1.165) is 29.3 Å². The van der Waals surface area contributed by atoms with E-state index in [2.05, 4.69) is 10.2 Å². The molecule has 120 valence electrons. The van der Waals surface area contributed by atoms with Gasteiger partial charge < -0.3 is 4.42 Å². The average molecular weight is 326 g/mol. The van der Waals surface area contributed by atoms with Crippen molar-refractivity contribution in [3.63, 3.8) is 0 Å². The second-order valence-electron chi connectivity index (χ2n) is 4.98. The molecule has 0 unspecified atom stereocenters. The molecule has 0 radical (unpaired) electrons. The minimum Gasteiger partial charge on any atom is -0.416 e. The molecule has 1 aromatic heterocycles. The van der Waals surface area contributed by atoms with Crippen molar-refractivity contribution >= 4 is 11.4 Å². The van der Waals surface area contributed by atoms with E-state index in [0.29, 0.717) is 0 Å². The minimum atomic E-state index is -0.713. The number of nitro benzene ring substituents is 2. The molecule has 9 nitrogen and oxygen atoms in total. The highest BCUT2D eigenvalue weighted by Gasteiger charge is 2.20. The van der Waals surface area contributed by atoms with Crippen LogP contribution in [-0.4, -0.2) is 20.0 Å². The lowest BCUT2D eigenvalue weighted by Crippen LogP contribution is -1.94. The van der Waals surface area contributed by atoms with Crippen molar-refractivity contribution in [2.45, 2.75) is 6.92 Å². The summed E-state index contributed by atoms with van der Waals surface area (Å²) >= 11 is 0. The molecule has 0 aliphatic rings. The molecule has 3 aromatic rings. The fourth-order valence-corrected chi connectivity index (χ4v) is 2.19. The SMILES string of the molecule is Cc1ccccc1-c1nnc(-c2cc([N+](=O)[O-])cc([N+](=O)[O-])c2)o1. The molecule has 0 saturated carbocycles. The molecule has 9 heteroatoms. The van der Waals surface area contributed by atoms with Crippen molar-refractivity contribution in [1.29, 1.82) is 0 Å². The Bertz CT molecular complexity index is 918. The Balaban J connectivity index is 2.09. The van der Waals surface area contributed by atoms with Gasteiger partial charge in [0.05, 0.1) is 21.5 Å². The van der Waals surface area contributed by atoms with E-state index in [4.69, 9.17) is 4.42 Å². The molecule has 1 heterocycles. The van der Waals surface area contributed by atoms with Gasteiger partial charge in [0, 0.05) is 17.7 Å². The Hall–Kier alpha value is -3.62. The van der Waals surface area contributed by atoms with Gasteiger partial charge in [0.25, 0.3) is 11.4 Å². The predicted octanol–water partition coefficient (Wildman–Crippen LogP) is 3.53. The maximum Gasteiger partial charge on any atom is 0.277 e. The smallest absolute Gasteiger partial charge is 0.277 e. The number of nitrogens with zero attached hydrogens (tertiary/aromatic N) is 4. The van der Waals surface area contributed by atoms with Gasteiger partial charge >= 0.3 is 0 Å². The Kier molecular flexibility index (Phi) is 3.74. The van der Waals surface area contributed by atoms with Gasteiger partial charge in [-0.25, -0.2) is 0 Å². The number of aromatic nitrogens is 2. The third-order valence-corrected chi connectivity index (χ3v) is 3.37. The molecule has 2 aromatic carbocycles. The molecular weight excluding hydrogens is 316 g/mol. The van der Waals surface area contributed by atoms with Crippen molar-refractivity contribution in [1.82, 2.24) is 10.2 Å². The molecule has 24 heavy (non-hydrogen) atoms. The number of hydrogen-bond acceptors (Lipinski definition) is 7. The second kappa shape index (κ2) is 5.88. The van der Waals surface area contributed by atoms with Crippen LogP contribution < -0.4 is 0 Å². The van der Waals surface area contributed by atoms with Crippen molar-refractivity contribution in [2.24, 2.45) is 0 Å². The summed E-state index contributed by atoms with van der Waals surface area (Å²) in [6.07, 6.45) is 0. The first kappa shape index (κ1) is 15.3. The Labute approximate surface area is 134 Å². The highest BCUT2D eigenvalue weighted by molar-refractivity contribution is 5.65. The highest BCUT2D eigenvalue weighted by atomic mass is 16.6. The van der Waals surface area contributed by atoms with E-state index in [1.165, 1.54) is 0 Å². The lowest BCUT2D eigenvalue weighted by molar-refractivity contribution is -0.394. The molecule has 0 atom stereocenters. The zero-order valence-electron chi connectivity index (χ0n) is 12.4. The van der Waals surface area contributed by atoms with E-state index in [9.17, 15) is 20.2 Å². The molecule has 0 spiro atoms. The Morgan fingerprint density at radius 2 is 1.50 bits per heavy atom. The first-order chi connectivity index (χ1) is 11.5. The Morgan fingerprint density at radius 3 is 2.08 bits per heavy atom. The summed E-state index contributed by atoms with van der Waals surface area (Å²) in [7, 11) is 0. The molecule has 0 aliphatic heterocycles. The third kappa shape index (κ3) is 2.82. The Morgan fingerprint density at radius 1 is 0.917 bits per heavy atom. The van der Waals surface area contributed by atoms with Gasteiger partial charge in [-0.1, -0.05) is 18.2 Å². The number of hydrogen-bond donors (Lipinski definition) is 0. The summed E-state index contributed by atoms with van der Waals surface area (Å²) in [4.78, 5) is 20.5. The highest BCUT2D eigenvalue weighted by Crippen LogP contribution is 2.31. The monoisotopic (exact) mass is 326 g/mol. The normalized spacial score (nSPS) is 10.5. The van der Waals surface area contributed by atoms with Crippen LogP contribution in [0.25, 0.3) is 22.9 Å².